The zero-order valence-electron chi connectivity index (χ0n) is 10.7. The van der Waals surface area contributed by atoms with Crippen LogP contribution in [0.3, 0.4) is 0 Å². The van der Waals surface area contributed by atoms with Gasteiger partial charge in [-0.25, -0.2) is 4.98 Å². The van der Waals surface area contributed by atoms with E-state index in [1.54, 1.807) is 0 Å². The van der Waals surface area contributed by atoms with Crippen LogP contribution in [0.5, 0.6) is 0 Å². The van der Waals surface area contributed by atoms with E-state index < -0.39 is 6.08 Å². The lowest BCUT2D eigenvalue weighted by molar-refractivity contribution is 0.536. The molecule has 5 heteroatoms. The Bertz CT molecular complexity index is 585. The number of hydrogen-bond donors (Lipinski definition) is 1. The van der Waals surface area contributed by atoms with Gasteiger partial charge in [0, 0.05) is 26.6 Å². The Morgan fingerprint density at radius 3 is 2.84 bits per heavy atom. The van der Waals surface area contributed by atoms with Gasteiger partial charge in [0.2, 0.25) is 0 Å². The second-order valence-electron chi connectivity index (χ2n) is 4.65. The molecule has 0 aliphatic carbocycles. The lowest BCUT2D eigenvalue weighted by Crippen LogP contribution is -2.16. The number of halogens is 1. The van der Waals surface area contributed by atoms with Crippen LogP contribution in [0.1, 0.15) is 11.3 Å². The minimum atomic E-state index is -0.662. The molecular formula is C14H15FN4. The summed E-state index contributed by atoms with van der Waals surface area (Å²) in [6.07, 6.45) is 0.107. The second-order valence-corrected chi connectivity index (χ2v) is 4.65. The van der Waals surface area contributed by atoms with Gasteiger partial charge >= 0.3 is 6.08 Å². The average molecular weight is 258 g/mol. The van der Waals surface area contributed by atoms with Crippen molar-refractivity contribution in [2.45, 2.75) is 13.0 Å². The van der Waals surface area contributed by atoms with E-state index in [0.717, 1.165) is 29.9 Å². The summed E-state index contributed by atoms with van der Waals surface area (Å²) in [5, 5.41) is 3.20. The average Bonchev–Trinajstić information content (AvgIpc) is 2.79. The van der Waals surface area contributed by atoms with Crippen molar-refractivity contribution in [3.8, 4) is 0 Å². The van der Waals surface area contributed by atoms with E-state index in [0.29, 0.717) is 12.4 Å². The zero-order valence-corrected chi connectivity index (χ0v) is 10.7. The molecule has 1 aliphatic rings. The van der Waals surface area contributed by atoms with Crippen molar-refractivity contribution in [2.75, 3.05) is 23.8 Å². The van der Waals surface area contributed by atoms with Crippen molar-refractivity contribution in [1.29, 1.82) is 0 Å². The van der Waals surface area contributed by atoms with Crippen LogP contribution in [0.15, 0.2) is 30.3 Å². The molecule has 1 aliphatic heterocycles. The summed E-state index contributed by atoms with van der Waals surface area (Å²) in [6.45, 7) is 1.48. The number of nitrogens with one attached hydrogen (secondary N) is 1. The molecule has 0 saturated carbocycles. The predicted octanol–water partition coefficient (Wildman–Crippen LogP) is 2.22. The number of hydrogen-bond acceptors (Lipinski definition) is 4. The summed E-state index contributed by atoms with van der Waals surface area (Å²) in [6, 6.07) is 9.98. The maximum atomic E-state index is 13.4. The number of anilines is 2. The molecule has 0 saturated heterocycles. The molecule has 1 N–H and O–H groups in total. The Morgan fingerprint density at radius 2 is 2.05 bits per heavy atom. The molecule has 4 nitrogen and oxygen atoms in total. The Hall–Kier alpha value is -2.17. The molecule has 0 fully saturated rings. The van der Waals surface area contributed by atoms with Crippen molar-refractivity contribution >= 4 is 11.5 Å². The highest BCUT2D eigenvalue weighted by Crippen LogP contribution is 2.31. The smallest absolute Gasteiger partial charge is 0.310 e. The summed E-state index contributed by atoms with van der Waals surface area (Å²) in [7, 11) is 1.97. The topological polar surface area (TPSA) is 41.1 Å². The van der Waals surface area contributed by atoms with E-state index in [1.807, 2.05) is 37.4 Å². The van der Waals surface area contributed by atoms with Crippen molar-refractivity contribution in [3.05, 3.63) is 47.7 Å². The lowest BCUT2D eigenvalue weighted by Gasteiger charge is -2.16. The van der Waals surface area contributed by atoms with Crippen LogP contribution in [-0.4, -0.2) is 23.6 Å². The van der Waals surface area contributed by atoms with Crippen LogP contribution in [0, 0.1) is 6.08 Å². The van der Waals surface area contributed by atoms with Gasteiger partial charge in [0.25, 0.3) is 0 Å². The summed E-state index contributed by atoms with van der Waals surface area (Å²) < 4.78 is 13.4. The predicted molar refractivity (Wildman–Crippen MR) is 72.7 cm³/mol. The first-order valence-corrected chi connectivity index (χ1v) is 6.29. The SMILES string of the molecule is CN1CCc2nc(F)nc(NCc3ccccc3)c21. The Kier molecular flexibility index (Phi) is 3.03. The number of likely N-dealkylation sites (N-methyl/N-ethyl adjacent to an activating group) is 1. The van der Waals surface area contributed by atoms with E-state index in [2.05, 4.69) is 20.2 Å². The first kappa shape index (κ1) is 11.9. The van der Waals surface area contributed by atoms with Gasteiger partial charge < -0.3 is 10.2 Å². The van der Waals surface area contributed by atoms with Gasteiger partial charge in [-0.1, -0.05) is 30.3 Å². The van der Waals surface area contributed by atoms with E-state index >= 15 is 0 Å². The standard InChI is InChI=1S/C14H15FN4/c1-19-8-7-11-12(19)13(18-14(15)17-11)16-9-10-5-3-2-4-6-10/h2-6H,7-9H2,1H3,(H,16,17,18). The third kappa shape index (κ3) is 2.36. The largest absolute Gasteiger partial charge is 0.370 e. The second kappa shape index (κ2) is 4.84. The molecule has 19 heavy (non-hydrogen) atoms. The molecule has 0 amide bonds. The van der Waals surface area contributed by atoms with E-state index in [9.17, 15) is 4.39 Å². The quantitative estimate of drug-likeness (QED) is 0.857. The van der Waals surface area contributed by atoms with E-state index in [4.69, 9.17) is 0 Å². The molecule has 1 aromatic carbocycles. The van der Waals surface area contributed by atoms with Gasteiger partial charge in [-0.3, -0.25) is 0 Å². The van der Waals surface area contributed by atoms with Crippen LogP contribution in [0.2, 0.25) is 0 Å². The third-order valence-corrected chi connectivity index (χ3v) is 3.30. The summed E-state index contributed by atoms with van der Waals surface area (Å²) in [5.74, 6) is 0.575. The monoisotopic (exact) mass is 258 g/mol. The molecule has 3 rings (SSSR count). The number of nitrogens with zero attached hydrogens (tertiary/aromatic N) is 3. The highest BCUT2D eigenvalue weighted by atomic mass is 19.1. The van der Waals surface area contributed by atoms with Gasteiger partial charge in [0.05, 0.1) is 5.69 Å². The van der Waals surface area contributed by atoms with Gasteiger partial charge in [-0.05, 0) is 5.56 Å². The van der Waals surface area contributed by atoms with Crippen molar-refractivity contribution in [2.24, 2.45) is 0 Å². The van der Waals surface area contributed by atoms with Crippen LogP contribution in [-0.2, 0) is 13.0 Å². The zero-order chi connectivity index (χ0) is 13.2. The molecule has 0 radical (unpaired) electrons. The fourth-order valence-corrected chi connectivity index (χ4v) is 2.34. The third-order valence-electron chi connectivity index (χ3n) is 3.30. The Balaban J connectivity index is 1.85. The maximum Gasteiger partial charge on any atom is 0.310 e. The normalized spacial score (nSPS) is 13.5. The van der Waals surface area contributed by atoms with E-state index in [-0.39, 0.29) is 0 Å². The number of fused-ring (bicyclic) bond motifs is 1. The molecule has 98 valence electrons. The molecule has 1 aromatic heterocycles. The lowest BCUT2D eigenvalue weighted by atomic mass is 10.2. The molecule has 0 atom stereocenters. The van der Waals surface area contributed by atoms with Gasteiger partial charge in [0.15, 0.2) is 5.82 Å². The Labute approximate surface area is 111 Å². The number of aromatic nitrogens is 2. The van der Waals surface area contributed by atoms with Crippen molar-refractivity contribution in [1.82, 2.24) is 9.97 Å². The molecule has 0 bridgehead atoms. The summed E-state index contributed by atoms with van der Waals surface area (Å²) >= 11 is 0. The first-order chi connectivity index (χ1) is 9.24. The molecule has 2 heterocycles. The van der Waals surface area contributed by atoms with Crippen LogP contribution in [0.25, 0.3) is 0 Å². The molecular weight excluding hydrogens is 243 g/mol. The molecule has 0 unspecified atom stereocenters. The maximum absolute atomic E-state index is 13.4. The Morgan fingerprint density at radius 1 is 1.26 bits per heavy atom. The molecule has 2 aromatic rings. The van der Waals surface area contributed by atoms with Gasteiger partial charge in [0.1, 0.15) is 5.69 Å². The van der Waals surface area contributed by atoms with Crippen LogP contribution < -0.4 is 10.2 Å². The highest BCUT2D eigenvalue weighted by molar-refractivity contribution is 5.70. The van der Waals surface area contributed by atoms with Crippen LogP contribution >= 0.6 is 0 Å². The van der Waals surface area contributed by atoms with Gasteiger partial charge in [-0.2, -0.15) is 9.37 Å². The van der Waals surface area contributed by atoms with Gasteiger partial charge in [-0.15, -0.1) is 0 Å². The first-order valence-electron chi connectivity index (χ1n) is 6.29. The molecule has 0 spiro atoms. The van der Waals surface area contributed by atoms with Crippen molar-refractivity contribution < 1.29 is 4.39 Å². The van der Waals surface area contributed by atoms with E-state index in [1.165, 1.54) is 0 Å². The summed E-state index contributed by atoms with van der Waals surface area (Å²) in [4.78, 5) is 9.80. The fourth-order valence-electron chi connectivity index (χ4n) is 2.34. The van der Waals surface area contributed by atoms with Crippen molar-refractivity contribution in [3.63, 3.8) is 0 Å². The van der Waals surface area contributed by atoms with Crippen LogP contribution in [0.4, 0.5) is 15.9 Å². The minimum Gasteiger partial charge on any atom is -0.370 e. The number of benzene rings is 1. The minimum absolute atomic E-state index is 0.575. The highest BCUT2D eigenvalue weighted by Gasteiger charge is 2.23. The number of rotatable bonds is 3. The summed E-state index contributed by atoms with van der Waals surface area (Å²) in [5.41, 5.74) is 2.83. The fraction of sp³-hybridized carbons (Fsp3) is 0.286.